The highest BCUT2D eigenvalue weighted by atomic mass is 16.5. The van der Waals surface area contributed by atoms with E-state index in [1.807, 2.05) is 31.5 Å². The number of pyridine rings is 1. The maximum Gasteiger partial charge on any atom is 0.242 e. The Morgan fingerprint density at radius 2 is 2.15 bits per heavy atom. The second kappa shape index (κ2) is 7.78. The van der Waals surface area contributed by atoms with Crippen molar-refractivity contribution in [1.82, 2.24) is 24.8 Å². The van der Waals surface area contributed by atoms with Crippen molar-refractivity contribution < 1.29 is 9.53 Å². The van der Waals surface area contributed by atoms with Gasteiger partial charge in [-0.2, -0.15) is 0 Å². The standard InChI is InChI=1S/C20H27N5O2/c1-16-22-7-8-25(16)15-20(4-5-20)14-23-19(26)18(17-3-2-6-21-13-17)24-9-11-27-12-10-24/h2-3,6-8,13,18H,4-5,9-12,14-15H2,1H3,(H,23,26)/t18-/m1/s1. The summed E-state index contributed by atoms with van der Waals surface area (Å²) in [7, 11) is 0. The number of ether oxygens (including phenoxy) is 1. The van der Waals surface area contributed by atoms with Gasteiger partial charge in [0, 0.05) is 56.4 Å². The van der Waals surface area contributed by atoms with E-state index in [-0.39, 0.29) is 17.4 Å². The van der Waals surface area contributed by atoms with Gasteiger partial charge in [0.1, 0.15) is 11.9 Å². The van der Waals surface area contributed by atoms with E-state index in [1.165, 1.54) is 0 Å². The van der Waals surface area contributed by atoms with Crippen LogP contribution >= 0.6 is 0 Å². The SMILES string of the molecule is Cc1nccn1CC1(CNC(=O)[C@@H](c2cccnc2)N2CCOCC2)CC1. The Hall–Kier alpha value is -2.25. The summed E-state index contributed by atoms with van der Waals surface area (Å²) in [6, 6.07) is 3.56. The third kappa shape index (κ3) is 4.20. The van der Waals surface area contributed by atoms with Crippen LogP contribution in [-0.2, 0) is 16.1 Å². The zero-order valence-corrected chi connectivity index (χ0v) is 15.8. The predicted octanol–water partition coefficient (Wildman–Crippen LogP) is 1.56. The monoisotopic (exact) mass is 369 g/mol. The number of rotatable bonds is 7. The molecule has 0 unspecified atom stereocenters. The van der Waals surface area contributed by atoms with Gasteiger partial charge in [-0.3, -0.25) is 14.7 Å². The van der Waals surface area contributed by atoms with Gasteiger partial charge in [0.2, 0.25) is 5.91 Å². The Kier molecular flexibility index (Phi) is 5.22. The normalized spacial score (nSPS) is 20.2. The fraction of sp³-hybridized carbons (Fsp3) is 0.550. The molecule has 7 heteroatoms. The molecule has 0 spiro atoms. The molecule has 2 fully saturated rings. The van der Waals surface area contributed by atoms with Gasteiger partial charge in [0.05, 0.1) is 13.2 Å². The molecule has 2 aromatic heterocycles. The minimum Gasteiger partial charge on any atom is -0.379 e. The zero-order chi connectivity index (χ0) is 18.7. The first-order chi connectivity index (χ1) is 13.2. The van der Waals surface area contributed by atoms with Crippen LogP contribution in [0, 0.1) is 12.3 Å². The molecule has 0 radical (unpaired) electrons. The third-order valence-electron chi connectivity index (χ3n) is 5.68. The summed E-state index contributed by atoms with van der Waals surface area (Å²) in [5.74, 6) is 1.08. The van der Waals surface area contributed by atoms with Crippen LogP contribution in [-0.4, -0.2) is 58.2 Å². The van der Waals surface area contributed by atoms with Gasteiger partial charge in [-0.1, -0.05) is 6.07 Å². The number of aromatic nitrogens is 3. The maximum absolute atomic E-state index is 13.1. The van der Waals surface area contributed by atoms with Crippen molar-refractivity contribution in [2.45, 2.75) is 32.4 Å². The molecule has 144 valence electrons. The molecule has 0 bridgehead atoms. The highest BCUT2D eigenvalue weighted by Gasteiger charge is 2.44. The lowest BCUT2D eigenvalue weighted by atomic mass is 10.0. The number of hydrogen-bond donors (Lipinski definition) is 1. The molecule has 1 N–H and O–H groups in total. The van der Waals surface area contributed by atoms with Crippen LogP contribution < -0.4 is 5.32 Å². The Labute approximate surface area is 159 Å². The summed E-state index contributed by atoms with van der Waals surface area (Å²) < 4.78 is 7.64. The van der Waals surface area contributed by atoms with Crippen LogP contribution in [0.3, 0.4) is 0 Å². The van der Waals surface area contributed by atoms with Gasteiger partial charge >= 0.3 is 0 Å². The number of nitrogens with zero attached hydrogens (tertiary/aromatic N) is 4. The number of hydrogen-bond acceptors (Lipinski definition) is 5. The smallest absolute Gasteiger partial charge is 0.242 e. The summed E-state index contributed by atoms with van der Waals surface area (Å²) in [6.07, 6.45) is 9.66. The largest absolute Gasteiger partial charge is 0.379 e. The predicted molar refractivity (Wildman–Crippen MR) is 101 cm³/mol. The summed E-state index contributed by atoms with van der Waals surface area (Å²) in [5, 5.41) is 3.23. The van der Waals surface area contributed by atoms with Crippen LogP contribution in [0.5, 0.6) is 0 Å². The lowest BCUT2D eigenvalue weighted by Gasteiger charge is -2.34. The number of carbonyl (C=O) groups excluding carboxylic acids is 1. The molecule has 4 rings (SSSR count). The molecular weight excluding hydrogens is 342 g/mol. The van der Waals surface area contributed by atoms with Gasteiger partial charge in [0.15, 0.2) is 0 Å². The number of imidazole rings is 1. The van der Waals surface area contributed by atoms with E-state index in [4.69, 9.17) is 4.74 Å². The molecular formula is C20H27N5O2. The molecule has 2 aliphatic rings. The topological polar surface area (TPSA) is 72.3 Å². The summed E-state index contributed by atoms with van der Waals surface area (Å²) >= 11 is 0. The van der Waals surface area contributed by atoms with Crippen molar-refractivity contribution in [3.63, 3.8) is 0 Å². The van der Waals surface area contributed by atoms with E-state index in [0.29, 0.717) is 19.8 Å². The molecule has 2 aromatic rings. The van der Waals surface area contributed by atoms with Crippen molar-refractivity contribution >= 4 is 5.91 Å². The van der Waals surface area contributed by atoms with E-state index in [1.54, 1.807) is 12.4 Å². The van der Waals surface area contributed by atoms with Crippen molar-refractivity contribution in [1.29, 1.82) is 0 Å². The van der Waals surface area contributed by atoms with Gasteiger partial charge in [-0.05, 0) is 31.4 Å². The fourth-order valence-corrected chi connectivity index (χ4v) is 3.77. The first-order valence-electron chi connectivity index (χ1n) is 9.64. The lowest BCUT2D eigenvalue weighted by Crippen LogP contribution is -2.47. The van der Waals surface area contributed by atoms with E-state index in [0.717, 1.165) is 43.9 Å². The molecule has 0 aromatic carbocycles. The minimum atomic E-state index is -0.312. The van der Waals surface area contributed by atoms with Gasteiger partial charge in [-0.25, -0.2) is 4.98 Å². The molecule has 27 heavy (non-hydrogen) atoms. The number of aryl methyl sites for hydroxylation is 1. The molecule has 1 amide bonds. The fourth-order valence-electron chi connectivity index (χ4n) is 3.77. The van der Waals surface area contributed by atoms with Crippen LogP contribution in [0.25, 0.3) is 0 Å². The number of morpholine rings is 1. The number of nitrogens with one attached hydrogen (secondary N) is 1. The van der Waals surface area contributed by atoms with E-state index >= 15 is 0 Å². The van der Waals surface area contributed by atoms with Crippen LogP contribution in [0.2, 0.25) is 0 Å². The van der Waals surface area contributed by atoms with Gasteiger partial charge < -0.3 is 14.6 Å². The lowest BCUT2D eigenvalue weighted by molar-refractivity contribution is -0.128. The molecule has 3 heterocycles. The van der Waals surface area contributed by atoms with E-state index < -0.39 is 0 Å². The highest BCUT2D eigenvalue weighted by molar-refractivity contribution is 5.83. The number of amides is 1. The summed E-state index contributed by atoms with van der Waals surface area (Å²) in [6.45, 7) is 6.46. The van der Waals surface area contributed by atoms with E-state index in [9.17, 15) is 4.79 Å². The van der Waals surface area contributed by atoms with Crippen molar-refractivity contribution in [2.75, 3.05) is 32.8 Å². The van der Waals surface area contributed by atoms with Crippen molar-refractivity contribution in [3.8, 4) is 0 Å². The van der Waals surface area contributed by atoms with Crippen molar-refractivity contribution in [3.05, 3.63) is 48.3 Å². The first-order valence-corrected chi connectivity index (χ1v) is 9.64. The van der Waals surface area contributed by atoms with Crippen LogP contribution in [0.15, 0.2) is 36.9 Å². The quantitative estimate of drug-likeness (QED) is 0.802. The Balaban J connectivity index is 1.43. The number of carbonyl (C=O) groups is 1. The van der Waals surface area contributed by atoms with Crippen LogP contribution in [0.4, 0.5) is 0 Å². The van der Waals surface area contributed by atoms with Crippen LogP contribution in [0.1, 0.15) is 30.3 Å². The zero-order valence-electron chi connectivity index (χ0n) is 15.8. The van der Waals surface area contributed by atoms with Crippen molar-refractivity contribution in [2.24, 2.45) is 5.41 Å². The first kappa shape index (κ1) is 18.1. The average molecular weight is 369 g/mol. The highest BCUT2D eigenvalue weighted by Crippen LogP contribution is 2.46. The minimum absolute atomic E-state index is 0.0542. The van der Waals surface area contributed by atoms with Gasteiger partial charge in [-0.15, -0.1) is 0 Å². The second-order valence-electron chi connectivity index (χ2n) is 7.66. The molecule has 1 atom stereocenters. The molecule has 1 saturated carbocycles. The third-order valence-corrected chi connectivity index (χ3v) is 5.68. The van der Waals surface area contributed by atoms with E-state index in [2.05, 4.69) is 24.8 Å². The molecule has 1 saturated heterocycles. The summed E-state index contributed by atoms with van der Waals surface area (Å²) in [4.78, 5) is 23.9. The molecule has 1 aliphatic heterocycles. The summed E-state index contributed by atoms with van der Waals surface area (Å²) in [5.41, 5.74) is 1.10. The van der Waals surface area contributed by atoms with Gasteiger partial charge in [0.25, 0.3) is 0 Å². The Morgan fingerprint density at radius 3 is 2.78 bits per heavy atom. The Bertz CT molecular complexity index is 766. The molecule has 7 nitrogen and oxygen atoms in total. The second-order valence-corrected chi connectivity index (χ2v) is 7.66. The average Bonchev–Trinajstić information content (AvgIpc) is 3.36. The maximum atomic E-state index is 13.1. The molecule has 1 aliphatic carbocycles. The Morgan fingerprint density at radius 1 is 1.33 bits per heavy atom.